The lowest BCUT2D eigenvalue weighted by atomic mass is 10.3. The van der Waals surface area contributed by atoms with E-state index in [2.05, 4.69) is 15.7 Å². The van der Waals surface area contributed by atoms with E-state index < -0.39 is 5.82 Å². The first kappa shape index (κ1) is 14.6. The highest BCUT2D eigenvalue weighted by molar-refractivity contribution is 6.30. The van der Waals surface area contributed by atoms with Gasteiger partial charge in [-0.3, -0.25) is 4.79 Å². The summed E-state index contributed by atoms with van der Waals surface area (Å²) in [5.74, 6) is 0.265. The molecule has 0 aliphatic carbocycles. The van der Waals surface area contributed by atoms with E-state index in [1.54, 1.807) is 10.9 Å². The summed E-state index contributed by atoms with van der Waals surface area (Å²) in [6, 6.07) is 3.93. The van der Waals surface area contributed by atoms with E-state index >= 15 is 0 Å². The lowest BCUT2D eigenvalue weighted by Gasteiger charge is -2.17. The van der Waals surface area contributed by atoms with Crippen LogP contribution in [0.15, 0.2) is 24.4 Å². The number of nitrogens with zero attached hydrogens (tertiary/aromatic N) is 2. The summed E-state index contributed by atoms with van der Waals surface area (Å²) in [6.45, 7) is 1.47. The van der Waals surface area contributed by atoms with Crippen LogP contribution in [-0.4, -0.2) is 28.8 Å². The minimum Gasteiger partial charge on any atom is -0.484 e. The molecule has 0 spiro atoms. The number of carbonyl (C=O) groups excluding carboxylic acids is 1. The van der Waals surface area contributed by atoms with Gasteiger partial charge in [-0.2, -0.15) is 5.10 Å². The molecule has 22 heavy (non-hydrogen) atoms. The molecule has 1 amide bonds. The highest BCUT2D eigenvalue weighted by atomic mass is 35.5. The Hall–Kier alpha value is -2.28. The third-order valence-corrected chi connectivity index (χ3v) is 3.50. The maximum Gasteiger partial charge on any atom is 0.262 e. The third kappa shape index (κ3) is 3.14. The number of rotatable bonds is 4. The van der Waals surface area contributed by atoms with E-state index in [1.165, 1.54) is 18.2 Å². The fourth-order valence-electron chi connectivity index (χ4n) is 2.17. The highest BCUT2D eigenvalue weighted by Gasteiger charge is 2.16. The van der Waals surface area contributed by atoms with Crippen molar-refractivity contribution in [1.82, 2.24) is 9.78 Å². The van der Waals surface area contributed by atoms with E-state index in [1.807, 2.05) is 0 Å². The molecule has 0 bridgehead atoms. The summed E-state index contributed by atoms with van der Waals surface area (Å²) in [5.41, 5.74) is 0.616. The van der Waals surface area contributed by atoms with Crippen LogP contribution in [0.4, 0.5) is 15.9 Å². The van der Waals surface area contributed by atoms with Crippen molar-refractivity contribution in [2.24, 2.45) is 0 Å². The molecule has 2 heterocycles. The molecule has 1 aliphatic heterocycles. The maximum absolute atomic E-state index is 13.0. The minimum atomic E-state index is -0.531. The van der Waals surface area contributed by atoms with Gasteiger partial charge in [-0.1, -0.05) is 11.6 Å². The van der Waals surface area contributed by atoms with Crippen LogP contribution in [0.1, 0.15) is 6.42 Å². The van der Waals surface area contributed by atoms with Crippen molar-refractivity contribution in [1.29, 1.82) is 0 Å². The lowest BCUT2D eigenvalue weighted by Crippen LogP contribution is -2.22. The number of fused-ring (bicyclic) bond motifs is 1. The molecule has 0 fully saturated rings. The third-order valence-electron chi connectivity index (χ3n) is 3.21. The summed E-state index contributed by atoms with van der Waals surface area (Å²) < 4.78 is 20.1. The summed E-state index contributed by atoms with van der Waals surface area (Å²) in [5, 5.41) is 10.1. The molecule has 8 heteroatoms. The largest absolute Gasteiger partial charge is 0.484 e. The Kier molecular flexibility index (Phi) is 4.15. The van der Waals surface area contributed by atoms with E-state index in [0.29, 0.717) is 11.4 Å². The predicted octanol–water partition coefficient (Wildman–Crippen LogP) is 2.51. The molecule has 6 nitrogen and oxygen atoms in total. The average Bonchev–Trinajstić information content (AvgIpc) is 2.92. The average molecular weight is 325 g/mol. The molecule has 0 atom stereocenters. The molecule has 1 aromatic carbocycles. The number of hydrogen-bond acceptors (Lipinski definition) is 4. The lowest BCUT2D eigenvalue weighted by molar-refractivity contribution is -0.118. The number of halogens is 2. The van der Waals surface area contributed by atoms with Gasteiger partial charge < -0.3 is 15.4 Å². The first-order chi connectivity index (χ1) is 10.6. The number of anilines is 2. The Labute approximate surface area is 131 Å². The summed E-state index contributed by atoms with van der Waals surface area (Å²) >= 11 is 5.65. The highest BCUT2D eigenvalue weighted by Crippen LogP contribution is 2.24. The van der Waals surface area contributed by atoms with Crippen LogP contribution in [-0.2, 0) is 11.3 Å². The predicted molar refractivity (Wildman–Crippen MR) is 80.9 cm³/mol. The second-order valence-corrected chi connectivity index (χ2v) is 5.23. The van der Waals surface area contributed by atoms with Crippen LogP contribution in [0.25, 0.3) is 0 Å². The molecule has 2 N–H and O–H groups in total. The van der Waals surface area contributed by atoms with Crippen LogP contribution < -0.4 is 15.4 Å². The van der Waals surface area contributed by atoms with E-state index in [4.69, 9.17) is 16.3 Å². The molecule has 1 aliphatic rings. The summed E-state index contributed by atoms with van der Waals surface area (Å²) in [4.78, 5) is 11.9. The van der Waals surface area contributed by atoms with Crippen LogP contribution in [0, 0.1) is 5.82 Å². The summed E-state index contributed by atoms with van der Waals surface area (Å²) in [7, 11) is 0. The molecule has 116 valence electrons. The van der Waals surface area contributed by atoms with Crippen LogP contribution in [0.2, 0.25) is 5.02 Å². The smallest absolute Gasteiger partial charge is 0.262 e. The zero-order chi connectivity index (χ0) is 15.5. The van der Waals surface area contributed by atoms with Gasteiger partial charge in [-0.15, -0.1) is 0 Å². The zero-order valence-corrected chi connectivity index (χ0v) is 12.4. The minimum absolute atomic E-state index is 0.0483. The number of carbonyl (C=O) groups is 1. The van der Waals surface area contributed by atoms with Gasteiger partial charge in [-0.05, 0) is 18.6 Å². The Balaban J connectivity index is 1.58. The van der Waals surface area contributed by atoms with Crippen molar-refractivity contribution in [2.75, 3.05) is 23.8 Å². The quantitative estimate of drug-likeness (QED) is 0.906. The fourth-order valence-corrected chi connectivity index (χ4v) is 2.34. The number of hydrogen-bond donors (Lipinski definition) is 2. The first-order valence-corrected chi connectivity index (χ1v) is 7.18. The molecular weight excluding hydrogens is 311 g/mol. The molecule has 1 aromatic heterocycles. The van der Waals surface area contributed by atoms with Gasteiger partial charge in [0.15, 0.2) is 6.61 Å². The summed E-state index contributed by atoms with van der Waals surface area (Å²) in [6.07, 6.45) is 2.59. The van der Waals surface area contributed by atoms with Crippen LogP contribution >= 0.6 is 11.6 Å². The van der Waals surface area contributed by atoms with Crippen LogP contribution in [0.5, 0.6) is 5.75 Å². The monoisotopic (exact) mass is 324 g/mol. The topological polar surface area (TPSA) is 68.2 Å². The molecule has 0 saturated heterocycles. The van der Waals surface area contributed by atoms with Gasteiger partial charge >= 0.3 is 0 Å². The van der Waals surface area contributed by atoms with Crippen molar-refractivity contribution < 1.29 is 13.9 Å². The van der Waals surface area contributed by atoms with Crippen molar-refractivity contribution in [2.45, 2.75) is 13.0 Å². The van der Waals surface area contributed by atoms with E-state index in [-0.39, 0.29) is 17.5 Å². The molecule has 0 radical (unpaired) electrons. The molecule has 0 saturated carbocycles. The van der Waals surface area contributed by atoms with Gasteiger partial charge in [0.05, 0.1) is 11.2 Å². The van der Waals surface area contributed by atoms with E-state index in [9.17, 15) is 9.18 Å². The standard InChI is InChI=1S/C14H14ClFN4O2/c15-10-6-9(2-3-11(10)16)22-8-13(21)19-12-7-18-20-5-1-4-17-14(12)20/h2-3,6-7,17H,1,4-5,8H2,(H,19,21). The number of ether oxygens (including phenoxy) is 1. The van der Waals surface area contributed by atoms with Gasteiger partial charge in [0.2, 0.25) is 0 Å². The van der Waals surface area contributed by atoms with Gasteiger partial charge in [-0.25, -0.2) is 9.07 Å². The maximum atomic E-state index is 13.0. The molecule has 3 rings (SSSR count). The number of benzene rings is 1. The van der Waals surface area contributed by atoms with Crippen molar-refractivity contribution in [3.63, 3.8) is 0 Å². The number of amides is 1. The van der Waals surface area contributed by atoms with Gasteiger partial charge in [0.25, 0.3) is 5.91 Å². The second-order valence-electron chi connectivity index (χ2n) is 4.82. The normalized spacial score (nSPS) is 13.2. The van der Waals surface area contributed by atoms with Crippen LogP contribution in [0.3, 0.4) is 0 Å². The van der Waals surface area contributed by atoms with Gasteiger partial charge in [0, 0.05) is 19.2 Å². The Morgan fingerprint density at radius 1 is 1.55 bits per heavy atom. The van der Waals surface area contributed by atoms with Gasteiger partial charge in [0.1, 0.15) is 23.1 Å². The number of nitrogens with one attached hydrogen (secondary N) is 2. The van der Waals surface area contributed by atoms with Crippen molar-refractivity contribution in [3.05, 3.63) is 35.2 Å². The number of aromatic nitrogens is 2. The zero-order valence-electron chi connectivity index (χ0n) is 11.6. The molecular formula is C14H14ClFN4O2. The first-order valence-electron chi connectivity index (χ1n) is 6.81. The second kappa shape index (κ2) is 6.23. The fraction of sp³-hybridized carbons (Fsp3) is 0.286. The molecule has 2 aromatic rings. The Bertz CT molecular complexity index is 704. The Morgan fingerprint density at radius 3 is 3.23 bits per heavy atom. The van der Waals surface area contributed by atoms with Crippen molar-refractivity contribution >= 4 is 29.0 Å². The van der Waals surface area contributed by atoms with E-state index in [0.717, 1.165) is 25.3 Å². The SMILES string of the molecule is O=C(COc1ccc(F)c(Cl)c1)Nc1cnn2c1NCCC2. The molecule has 0 unspecified atom stereocenters. The Morgan fingerprint density at radius 2 is 2.41 bits per heavy atom. The van der Waals surface area contributed by atoms with Crippen molar-refractivity contribution in [3.8, 4) is 5.75 Å². The number of aryl methyl sites for hydroxylation is 1.